The number of halogens is 2. The van der Waals surface area contributed by atoms with Gasteiger partial charge in [-0.1, -0.05) is 0 Å². The van der Waals surface area contributed by atoms with Gasteiger partial charge in [-0.2, -0.15) is 0 Å². The summed E-state index contributed by atoms with van der Waals surface area (Å²) in [5.41, 5.74) is 1.66. The molecule has 0 atom stereocenters. The third kappa shape index (κ3) is 2.71. The van der Waals surface area contributed by atoms with Gasteiger partial charge in [0.25, 0.3) is 5.56 Å². The molecule has 0 amide bonds. The van der Waals surface area contributed by atoms with E-state index >= 15 is 0 Å². The Bertz CT molecular complexity index is 1560. The zero-order valence-corrected chi connectivity index (χ0v) is 15.5. The molecular formula is C21H14F2N4O3. The number of pyridine rings is 1. The first-order valence-electron chi connectivity index (χ1n) is 8.97. The van der Waals surface area contributed by atoms with Crippen LogP contribution < -0.4 is 16.0 Å². The van der Waals surface area contributed by atoms with Crippen LogP contribution in [0.4, 0.5) is 8.78 Å². The van der Waals surface area contributed by atoms with Gasteiger partial charge in [0, 0.05) is 42.0 Å². The van der Waals surface area contributed by atoms with E-state index in [9.17, 15) is 18.4 Å². The third-order valence-corrected chi connectivity index (χ3v) is 4.93. The molecule has 3 heterocycles. The van der Waals surface area contributed by atoms with Crippen LogP contribution in [-0.2, 0) is 7.05 Å². The molecular weight excluding hydrogens is 394 g/mol. The highest BCUT2D eigenvalue weighted by molar-refractivity contribution is 6.00. The molecule has 0 aliphatic heterocycles. The van der Waals surface area contributed by atoms with Crippen LogP contribution in [0.25, 0.3) is 33.1 Å². The number of ether oxygens (including phenoxy) is 1. The van der Waals surface area contributed by atoms with Gasteiger partial charge in [-0.3, -0.25) is 4.79 Å². The Morgan fingerprint density at radius 1 is 0.967 bits per heavy atom. The molecule has 5 aromatic rings. The van der Waals surface area contributed by atoms with Crippen LogP contribution in [0.3, 0.4) is 0 Å². The van der Waals surface area contributed by atoms with Gasteiger partial charge >= 0.3 is 5.69 Å². The van der Waals surface area contributed by atoms with Crippen molar-refractivity contribution in [2.45, 2.75) is 0 Å². The molecule has 0 saturated carbocycles. The SMILES string of the molecule is Cn1cc(-c2ccc3[nH]c(=O)[nH]c3c2Oc2ccc(F)cc2F)c2cc[nH]c2c1=O. The molecule has 0 fully saturated rings. The molecule has 7 nitrogen and oxygen atoms in total. The number of H-pyrrole nitrogens is 3. The maximum absolute atomic E-state index is 14.3. The maximum Gasteiger partial charge on any atom is 0.323 e. The summed E-state index contributed by atoms with van der Waals surface area (Å²) in [6, 6.07) is 8.10. The zero-order valence-electron chi connectivity index (χ0n) is 15.5. The van der Waals surface area contributed by atoms with Crippen molar-refractivity contribution in [1.29, 1.82) is 0 Å². The second-order valence-corrected chi connectivity index (χ2v) is 6.85. The normalized spacial score (nSPS) is 11.4. The van der Waals surface area contributed by atoms with Crippen LogP contribution in [0.1, 0.15) is 0 Å². The molecule has 0 saturated heterocycles. The summed E-state index contributed by atoms with van der Waals surface area (Å²) >= 11 is 0. The average Bonchev–Trinajstić information content (AvgIpc) is 3.33. The Labute approximate surface area is 166 Å². The number of aromatic nitrogens is 4. The van der Waals surface area contributed by atoms with Crippen molar-refractivity contribution in [1.82, 2.24) is 19.5 Å². The predicted molar refractivity (Wildman–Crippen MR) is 108 cm³/mol. The fraction of sp³-hybridized carbons (Fsp3) is 0.0476. The topological polar surface area (TPSA) is 95.7 Å². The van der Waals surface area contributed by atoms with Gasteiger partial charge in [-0.05, 0) is 30.3 Å². The highest BCUT2D eigenvalue weighted by Gasteiger charge is 2.19. The molecule has 0 bridgehead atoms. The standard InChI is InChI=1S/C21H14F2N4O3/c1-27-9-13(11-6-7-24-17(11)20(27)28)12-3-4-15-18(26-21(29)25-15)19(12)30-16-5-2-10(22)8-14(16)23/h2-9,24H,1H3,(H2,25,26,29). The molecule has 2 aromatic carbocycles. The number of aromatic amines is 3. The summed E-state index contributed by atoms with van der Waals surface area (Å²) < 4.78 is 34.9. The van der Waals surface area contributed by atoms with Crippen LogP contribution >= 0.6 is 0 Å². The van der Waals surface area contributed by atoms with E-state index in [0.29, 0.717) is 39.1 Å². The molecule has 0 spiro atoms. The Kier molecular flexibility index (Phi) is 3.85. The van der Waals surface area contributed by atoms with Crippen LogP contribution in [-0.4, -0.2) is 19.5 Å². The van der Waals surface area contributed by atoms with Crippen molar-refractivity contribution in [3.8, 4) is 22.6 Å². The van der Waals surface area contributed by atoms with E-state index < -0.39 is 17.3 Å². The smallest absolute Gasteiger partial charge is 0.323 e. The van der Waals surface area contributed by atoms with Gasteiger partial charge in [-0.25, -0.2) is 13.6 Å². The second kappa shape index (κ2) is 6.45. The zero-order chi connectivity index (χ0) is 21.0. The molecule has 150 valence electrons. The summed E-state index contributed by atoms with van der Waals surface area (Å²) in [5.74, 6) is -1.66. The van der Waals surface area contributed by atoms with Gasteiger partial charge in [0.15, 0.2) is 17.3 Å². The highest BCUT2D eigenvalue weighted by Crippen LogP contribution is 2.40. The number of rotatable bonds is 3. The lowest BCUT2D eigenvalue weighted by molar-refractivity contribution is 0.442. The van der Waals surface area contributed by atoms with Crippen molar-refractivity contribution < 1.29 is 13.5 Å². The fourth-order valence-corrected chi connectivity index (χ4v) is 3.55. The molecule has 0 aliphatic carbocycles. The lowest BCUT2D eigenvalue weighted by atomic mass is 10.0. The monoisotopic (exact) mass is 408 g/mol. The van der Waals surface area contributed by atoms with Crippen LogP contribution in [0.2, 0.25) is 0 Å². The van der Waals surface area contributed by atoms with Gasteiger partial charge in [-0.15, -0.1) is 0 Å². The van der Waals surface area contributed by atoms with Crippen molar-refractivity contribution in [2.75, 3.05) is 0 Å². The Balaban J connectivity index is 1.83. The molecule has 3 aromatic heterocycles. The van der Waals surface area contributed by atoms with Crippen LogP contribution in [0.5, 0.6) is 11.5 Å². The van der Waals surface area contributed by atoms with Crippen molar-refractivity contribution >= 4 is 21.9 Å². The van der Waals surface area contributed by atoms with E-state index in [1.807, 2.05) is 0 Å². The van der Waals surface area contributed by atoms with Crippen molar-refractivity contribution in [3.63, 3.8) is 0 Å². The second-order valence-electron chi connectivity index (χ2n) is 6.85. The lowest BCUT2D eigenvalue weighted by Gasteiger charge is -2.14. The van der Waals surface area contributed by atoms with E-state index in [1.54, 1.807) is 37.6 Å². The van der Waals surface area contributed by atoms with Crippen molar-refractivity contribution in [3.05, 3.63) is 81.3 Å². The first-order valence-corrected chi connectivity index (χ1v) is 8.97. The van der Waals surface area contributed by atoms with Crippen LogP contribution in [0.15, 0.2) is 58.4 Å². The fourth-order valence-electron chi connectivity index (χ4n) is 3.55. The molecule has 0 radical (unpaired) electrons. The largest absolute Gasteiger partial charge is 0.451 e. The number of fused-ring (bicyclic) bond motifs is 2. The first-order chi connectivity index (χ1) is 14.4. The maximum atomic E-state index is 14.3. The van der Waals surface area contributed by atoms with E-state index in [4.69, 9.17) is 4.74 Å². The molecule has 3 N–H and O–H groups in total. The number of nitrogens with zero attached hydrogens (tertiary/aromatic N) is 1. The average molecular weight is 408 g/mol. The number of aryl methyl sites for hydroxylation is 1. The molecule has 9 heteroatoms. The molecule has 5 rings (SSSR count). The summed E-state index contributed by atoms with van der Waals surface area (Å²) in [7, 11) is 1.61. The van der Waals surface area contributed by atoms with Gasteiger partial charge in [0.05, 0.1) is 5.52 Å². The van der Waals surface area contributed by atoms with E-state index in [1.165, 1.54) is 10.6 Å². The van der Waals surface area contributed by atoms with E-state index in [0.717, 1.165) is 6.07 Å². The summed E-state index contributed by atoms with van der Waals surface area (Å²) in [6.07, 6.45) is 3.28. The Morgan fingerprint density at radius 3 is 2.60 bits per heavy atom. The minimum atomic E-state index is -0.886. The third-order valence-electron chi connectivity index (χ3n) is 4.93. The van der Waals surface area contributed by atoms with Crippen LogP contribution in [0, 0.1) is 11.6 Å². The van der Waals surface area contributed by atoms with Gasteiger partial charge in [0.1, 0.15) is 16.9 Å². The van der Waals surface area contributed by atoms with E-state index in [2.05, 4.69) is 15.0 Å². The minimum Gasteiger partial charge on any atom is -0.451 e. The van der Waals surface area contributed by atoms with E-state index in [-0.39, 0.29) is 17.1 Å². The molecule has 0 unspecified atom stereocenters. The number of hydrogen-bond acceptors (Lipinski definition) is 3. The number of benzene rings is 2. The predicted octanol–water partition coefficient (Wildman–Crippen LogP) is 3.77. The minimum absolute atomic E-state index is 0.164. The lowest BCUT2D eigenvalue weighted by Crippen LogP contribution is -2.16. The Morgan fingerprint density at radius 2 is 1.80 bits per heavy atom. The quantitative estimate of drug-likeness (QED) is 0.424. The summed E-state index contributed by atoms with van der Waals surface area (Å²) in [6.45, 7) is 0. The number of hydrogen-bond donors (Lipinski definition) is 3. The number of nitrogens with one attached hydrogen (secondary N) is 3. The Hall–Kier alpha value is -4.14. The number of imidazole rings is 1. The molecule has 0 aliphatic rings. The summed E-state index contributed by atoms with van der Waals surface area (Å²) in [5, 5.41) is 0.639. The first kappa shape index (κ1) is 17.9. The van der Waals surface area contributed by atoms with Gasteiger partial charge < -0.3 is 24.3 Å². The van der Waals surface area contributed by atoms with Crippen molar-refractivity contribution in [2.24, 2.45) is 7.05 Å². The summed E-state index contributed by atoms with van der Waals surface area (Å²) in [4.78, 5) is 32.5. The molecule has 30 heavy (non-hydrogen) atoms. The van der Waals surface area contributed by atoms with Gasteiger partial charge in [0.2, 0.25) is 0 Å². The highest BCUT2D eigenvalue weighted by atomic mass is 19.1.